The van der Waals surface area contributed by atoms with Crippen molar-refractivity contribution in [2.75, 3.05) is 6.61 Å². The van der Waals surface area contributed by atoms with Crippen LogP contribution in [0.4, 0.5) is 0 Å². The van der Waals surface area contributed by atoms with Gasteiger partial charge in [0, 0.05) is 5.92 Å². The summed E-state index contributed by atoms with van der Waals surface area (Å²) in [5, 5.41) is 11.8. The monoisotopic (exact) mass is 368 g/mol. The molecule has 2 fully saturated rings. The zero-order chi connectivity index (χ0) is 19.4. The first-order valence-corrected chi connectivity index (χ1v) is 9.51. The number of aliphatic hydroxyl groups is 1. The molecule has 0 radical (unpaired) electrons. The highest BCUT2D eigenvalue weighted by molar-refractivity contribution is 6.09. The maximum Gasteiger partial charge on any atom is 0.181 e. The summed E-state index contributed by atoms with van der Waals surface area (Å²) in [6.07, 6.45) is -0.300. The van der Waals surface area contributed by atoms with E-state index in [4.69, 9.17) is 9.47 Å². The molecule has 5 heteroatoms. The Hall–Kier alpha value is -1.98. The highest BCUT2D eigenvalue weighted by Gasteiger charge is 2.83. The molecule has 5 atom stereocenters. The molecule has 6 rings (SSSR count). The molecule has 0 amide bonds. The zero-order valence-corrected chi connectivity index (χ0v) is 16.0. The molecule has 4 bridgehead atoms. The molecular weight excluding hydrogens is 344 g/mol. The predicted molar refractivity (Wildman–Crippen MR) is 96.6 cm³/mol. The molecule has 3 aliphatic carbocycles. The average molecular weight is 368 g/mol. The lowest BCUT2D eigenvalue weighted by Gasteiger charge is -2.64. The normalized spacial score (nSPS) is 44.3. The van der Waals surface area contributed by atoms with Crippen LogP contribution in [0.2, 0.25) is 0 Å². The highest BCUT2D eigenvalue weighted by Crippen LogP contribution is 2.72. The molecule has 0 spiro atoms. The Bertz CT molecular complexity index is 916. The minimum absolute atomic E-state index is 0.149. The van der Waals surface area contributed by atoms with Gasteiger partial charge in [0.1, 0.15) is 17.5 Å². The van der Waals surface area contributed by atoms with Crippen molar-refractivity contribution in [2.45, 2.75) is 51.4 Å². The molecule has 1 saturated carbocycles. The van der Waals surface area contributed by atoms with Gasteiger partial charge in [-0.1, -0.05) is 44.2 Å². The van der Waals surface area contributed by atoms with E-state index in [0.29, 0.717) is 5.76 Å². The predicted octanol–water partition coefficient (Wildman–Crippen LogP) is 2.74. The van der Waals surface area contributed by atoms with E-state index in [2.05, 4.69) is 0 Å². The van der Waals surface area contributed by atoms with Gasteiger partial charge in [-0.05, 0) is 24.8 Å². The van der Waals surface area contributed by atoms with Crippen LogP contribution in [0.1, 0.15) is 45.8 Å². The van der Waals surface area contributed by atoms with Gasteiger partial charge in [-0.2, -0.15) is 0 Å². The van der Waals surface area contributed by atoms with Crippen molar-refractivity contribution in [1.82, 2.24) is 0 Å². The van der Waals surface area contributed by atoms with Crippen LogP contribution in [-0.2, 0) is 19.1 Å². The van der Waals surface area contributed by atoms with E-state index in [1.165, 1.54) is 0 Å². The van der Waals surface area contributed by atoms with Crippen LogP contribution in [0.15, 0.2) is 41.7 Å². The van der Waals surface area contributed by atoms with Crippen molar-refractivity contribution in [3.8, 4) is 0 Å². The maximum atomic E-state index is 13.6. The number of Topliss-reactive ketones (excluding diaryl/α,β-unsaturated/α-hetero) is 2. The van der Waals surface area contributed by atoms with Crippen molar-refractivity contribution in [1.29, 1.82) is 0 Å². The quantitative estimate of drug-likeness (QED) is 0.825. The van der Waals surface area contributed by atoms with Crippen LogP contribution in [0.5, 0.6) is 0 Å². The summed E-state index contributed by atoms with van der Waals surface area (Å²) < 4.78 is 12.2. The van der Waals surface area contributed by atoms with E-state index >= 15 is 0 Å². The Balaban J connectivity index is 1.76. The Morgan fingerprint density at radius 1 is 1.07 bits per heavy atom. The zero-order valence-electron chi connectivity index (χ0n) is 16.0. The first-order valence-electron chi connectivity index (χ1n) is 9.51. The molecule has 1 aromatic rings. The Morgan fingerprint density at radius 3 is 2.41 bits per heavy atom. The number of ether oxygens (including phenoxy) is 2. The summed E-state index contributed by atoms with van der Waals surface area (Å²) in [5.74, 6) is -0.332. The molecule has 5 aliphatic rings. The molecule has 0 aromatic heterocycles. The smallest absolute Gasteiger partial charge is 0.181 e. The van der Waals surface area contributed by atoms with Gasteiger partial charge < -0.3 is 14.6 Å². The van der Waals surface area contributed by atoms with Gasteiger partial charge in [0.25, 0.3) is 0 Å². The second-order valence-corrected chi connectivity index (χ2v) is 9.19. The van der Waals surface area contributed by atoms with Crippen molar-refractivity contribution >= 4 is 11.6 Å². The molecule has 2 aliphatic heterocycles. The molecule has 1 aromatic carbocycles. The second kappa shape index (κ2) is 4.70. The summed E-state index contributed by atoms with van der Waals surface area (Å²) in [4.78, 5) is 26.9. The molecule has 1 N–H and O–H groups in total. The van der Waals surface area contributed by atoms with Crippen LogP contribution >= 0.6 is 0 Å². The summed E-state index contributed by atoms with van der Waals surface area (Å²) in [6, 6.07) is 9.55. The van der Waals surface area contributed by atoms with Crippen molar-refractivity contribution < 1.29 is 24.2 Å². The first kappa shape index (κ1) is 17.1. The van der Waals surface area contributed by atoms with Crippen LogP contribution in [0, 0.1) is 16.7 Å². The highest BCUT2D eigenvalue weighted by atomic mass is 16.5. The second-order valence-electron chi connectivity index (χ2n) is 9.19. The van der Waals surface area contributed by atoms with E-state index < -0.39 is 28.1 Å². The number of hydrogen-bond donors (Lipinski definition) is 1. The Morgan fingerprint density at radius 2 is 1.74 bits per heavy atom. The average Bonchev–Trinajstić information content (AvgIpc) is 2.90. The lowest BCUT2D eigenvalue weighted by molar-refractivity contribution is -0.208. The van der Waals surface area contributed by atoms with Crippen LogP contribution in [0.25, 0.3) is 0 Å². The molecule has 142 valence electrons. The number of benzene rings is 1. The fourth-order valence-electron chi connectivity index (χ4n) is 5.96. The molecule has 27 heavy (non-hydrogen) atoms. The van der Waals surface area contributed by atoms with E-state index in [1.807, 2.05) is 51.1 Å². The summed E-state index contributed by atoms with van der Waals surface area (Å²) in [7, 11) is 0. The van der Waals surface area contributed by atoms with Gasteiger partial charge in [0.05, 0.1) is 24.0 Å². The molecule has 1 saturated heterocycles. The Labute approximate surface area is 158 Å². The number of hydrogen-bond acceptors (Lipinski definition) is 5. The van der Waals surface area contributed by atoms with Gasteiger partial charge in [0.2, 0.25) is 0 Å². The molecule has 2 heterocycles. The lowest BCUT2D eigenvalue weighted by Crippen LogP contribution is -2.77. The van der Waals surface area contributed by atoms with Gasteiger partial charge in [-0.25, -0.2) is 0 Å². The SMILES string of the molecule is CC1(C)[C@@H]2CO[C@]3(C)C(=O)[C@@]1(C)C1=C(C(=O)C[C@@H](c4ccccc4)O1)[C@]23O. The third-order valence-corrected chi connectivity index (χ3v) is 7.96. The van der Waals surface area contributed by atoms with E-state index in [0.717, 1.165) is 5.56 Å². The van der Waals surface area contributed by atoms with Gasteiger partial charge >= 0.3 is 0 Å². The number of allylic oxidation sites excluding steroid dienone is 1. The Kier molecular flexibility index (Phi) is 2.99. The summed E-state index contributed by atoms with van der Waals surface area (Å²) in [5.41, 5.74) is -3.51. The third kappa shape index (κ3) is 1.57. The standard InChI is InChI=1S/C22H24O5/c1-19(2)15-11-26-21(4)18(24)20(19,3)17-16(22(15,21)25)13(23)10-14(27-17)12-8-6-5-7-9-12/h5-9,14-15,25H,10-11H2,1-4H3/t14-,15-,20+,21+,22+/m0/s1. The van der Waals surface area contributed by atoms with Gasteiger partial charge in [0.15, 0.2) is 17.2 Å². The third-order valence-electron chi connectivity index (χ3n) is 7.96. The number of carbonyl (C=O) groups is 2. The molecule has 5 nitrogen and oxygen atoms in total. The maximum absolute atomic E-state index is 13.6. The number of ketones is 2. The fraction of sp³-hybridized carbons (Fsp3) is 0.545. The first-order chi connectivity index (χ1) is 12.6. The van der Waals surface area contributed by atoms with Crippen LogP contribution < -0.4 is 0 Å². The van der Waals surface area contributed by atoms with E-state index in [9.17, 15) is 14.7 Å². The van der Waals surface area contributed by atoms with Gasteiger partial charge in [-0.3, -0.25) is 9.59 Å². The minimum Gasteiger partial charge on any atom is -0.488 e. The number of carbonyl (C=O) groups excluding carboxylic acids is 2. The fourth-order valence-corrected chi connectivity index (χ4v) is 5.96. The van der Waals surface area contributed by atoms with E-state index in [-0.39, 0.29) is 36.1 Å². The lowest BCUT2D eigenvalue weighted by atomic mass is 9.39. The largest absolute Gasteiger partial charge is 0.488 e. The summed E-state index contributed by atoms with van der Waals surface area (Å²) in [6.45, 7) is 7.68. The van der Waals surface area contributed by atoms with Gasteiger partial charge in [-0.15, -0.1) is 0 Å². The van der Waals surface area contributed by atoms with E-state index in [1.54, 1.807) is 6.92 Å². The van der Waals surface area contributed by atoms with Crippen LogP contribution in [-0.4, -0.2) is 34.5 Å². The van der Waals surface area contributed by atoms with Crippen LogP contribution in [0.3, 0.4) is 0 Å². The summed E-state index contributed by atoms with van der Waals surface area (Å²) >= 11 is 0. The molecule has 0 unspecified atom stereocenters. The minimum atomic E-state index is -1.64. The van der Waals surface area contributed by atoms with Crippen molar-refractivity contribution in [3.63, 3.8) is 0 Å². The number of rotatable bonds is 1. The van der Waals surface area contributed by atoms with Crippen molar-refractivity contribution in [2.24, 2.45) is 16.7 Å². The van der Waals surface area contributed by atoms with Crippen molar-refractivity contribution in [3.05, 3.63) is 47.2 Å². The topological polar surface area (TPSA) is 72.8 Å². The molecular formula is C22H24O5.